The molecule has 1 heterocycles. The molecule has 0 aliphatic heterocycles. The summed E-state index contributed by atoms with van der Waals surface area (Å²) in [4.78, 5) is 4.51. The lowest BCUT2D eigenvalue weighted by Crippen LogP contribution is -2.11. The molecule has 0 saturated carbocycles. The summed E-state index contributed by atoms with van der Waals surface area (Å²) in [6.45, 7) is 6.50. The van der Waals surface area contributed by atoms with Gasteiger partial charge in [-0.05, 0) is 62.5 Å². The van der Waals surface area contributed by atoms with Crippen LogP contribution in [0.15, 0.2) is 26.5 Å². The van der Waals surface area contributed by atoms with E-state index in [0.717, 1.165) is 44.9 Å². The van der Waals surface area contributed by atoms with Crippen molar-refractivity contribution in [2.45, 2.75) is 33.4 Å². The Morgan fingerprint density at radius 3 is 2.52 bits per heavy atom. The normalized spacial score (nSPS) is 10.9. The first kappa shape index (κ1) is 16.9. The van der Waals surface area contributed by atoms with Gasteiger partial charge in [0, 0.05) is 11.9 Å². The lowest BCUT2D eigenvalue weighted by molar-refractivity contribution is 0.298. The molecule has 2 aromatic rings. The van der Waals surface area contributed by atoms with Gasteiger partial charge in [0.1, 0.15) is 12.4 Å². The predicted molar refractivity (Wildman–Crippen MR) is 95.0 cm³/mol. The van der Waals surface area contributed by atoms with Crippen molar-refractivity contribution in [3.63, 3.8) is 0 Å². The van der Waals surface area contributed by atoms with Crippen LogP contribution in [-0.2, 0) is 19.6 Å². The highest BCUT2D eigenvalue weighted by Gasteiger charge is 2.10. The summed E-state index contributed by atoms with van der Waals surface area (Å²) in [5.74, 6) is 0.821. The fourth-order valence-corrected chi connectivity index (χ4v) is 4.09. The SMILES string of the molecule is CCNCc1cc(Br)c(OCc2csc(CC)n2)c(Br)c1. The predicted octanol–water partition coefficient (Wildman–Crippen LogP) is 4.92. The minimum absolute atomic E-state index is 0.486. The molecule has 6 heteroatoms. The van der Waals surface area contributed by atoms with Gasteiger partial charge in [0.2, 0.25) is 0 Å². The summed E-state index contributed by atoms with van der Waals surface area (Å²) < 4.78 is 7.81. The van der Waals surface area contributed by atoms with Crippen molar-refractivity contribution in [2.24, 2.45) is 0 Å². The molecule has 1 N–H and O–H groups in total. The van der Waals surface area contributed by atoms with Crippen molar-refractivity contribution < 1.29 is 4.74 Å². The van der Waals surface area contributed by atoms with Crippen molar-refractivity contribution in [1.82, 2.24) is 10.3 Å². The minimum atomic E-state index is 0.486. The van der Waals surface area contributed by atoms with Crippen molar-refractivity contribution >= 4 is 43.2 Å². The number of rotatable bonds is 7. The second-order valence-electron chi connectivity index (χ2n) is 4.54. The number of nitrogens with zero attached hydrogens (tertiary/aromatic N) is 1. The fraction of sp³-hybridized carbons (Fsp3) is 0.400. The Balaban J connectivity index is 2.05. The quantitative estimate of drug-likeness (QED) is 0.672. The molecule has 0 aliphatic carbocycles. The van der Waals surface area contributed by atoms with E-state index < -0.39 is 0 Å². The van der Waals surface area contributed by atoms with Gasteiger partial charge >= 0.3 is 0 Å². The Bertz CT molecular complexity index is 578. The zero-order valence-electron chi connectivity index (χ0n) is 12.1. The van der Waals surface area contributed by atoms with Gasteiger partial charge in [-0.25, -0.2) is 4.98 Å². The third-order valence-electron chi connectivity index (χ3n) is 2.90. The van der Waals surface area contributed by atoms with E-state index in [9.17, 15) is 0 Å². The first-order valence-electron chi connectivity index (χ1n) is 6.88. The highest BCUT2D eigenvalue weighted by atomic mass is 79.9. The number of aryl methyl sites for hydroxylation is 1. The van der Waals surface area contributed by atoms with Gasteiger partial charge in [-0.15, -0.1) is 11.3 Å². The first-order valence-corrected chi connectivity index (χ1v) is 9.35. The van der Waals surface area contributed by atoms with E-state index in [1.54, 1.807) is 11.3 Å². The van der Waals surface area contributed by atoms with Crippen LogP contribution < -0.4 is 10.1 Å². The molecule has 3 nitrogen and oxygen atoms in total. The molecule has 0 radical (unpaired) electrons. The highest BCUT2D eigenvalue weighted by Crippen LogP contribution is 2.35. The van der Waals surface area contributed by atoms with E-state index in [-0.39, 0.29) is 0 Å². The third kappa shape index (κ3) is 4.77. The number of hydrogen-bond acceptors (Lipinski definition) is 4. The molecule has 0 fully saturated rings. The summed E-state index contributed by atoms with van der Waals surface area (Å²) >= 11 is 8.85. The molecule has 0 aliphatic rings. The van der Waals surface area contributed by atoms with Crippen LogP contribution in [0.2, 0.25) is 0 Å². The molecule has 0 saturated heterocycles. The van der Waals surface area contributed by atoms with Gasteiger partial charge in [0.15, 0.2) is 0 Å². The molecule has 0 unspecified atom stereocenters. The standard InChI is InChI=1S/C15H18Br2N2OS/c1-3-14-19-11(9-21-14)8-20-15-12(16)5-10(6-13(15)17)7-18-4-2/h5-6,9,18H,3-4,7-8H2,1-2H3. The molecule has 1 aromatic heterocycles. The Labute approximate surface area is 146 Å². The van der Waals surface area contributed by atoms with E-state index in [1.807, 2.05) is 0 Å². The average Bonchev–Trinajstić information content (AvgIpc) is 2.92. The number of halogens is 2. The van der Waals surface area contributed by atoms with Crippen LogP contribution >= 0.6 is 43.2 Å². The number of nitrogens with one attached hydrogen (secondary N) is 1. The van der Waals surface area contributed by atoms with Gasteiger partial charge in [0.05, 0.1) is 19.6 Å². The van der Waals surface area contributed by atoms with Crippen LogP contribution in [-0.4, -0.2) is 11.5 Å². The van der Waals surface area contributed by atoms with E-state index >= 15 is 0 Å². The minimum Gasteiger partial charge on any atom is -0.485 e. The number of aromatic nitrogens is 1. The largest absolute Gasteiger partial charge is 0.485 e. The van der Waals surface area contributed by atoms with Crippen LogP contribution in [0, 0.1) is 0 Å². The topological polar surface area (TPSA) is 34.1 Å². The average molecular weight is 434 g/mol. The maximum atomic E-state index is 5.90. The fourth-order valence-electron chi connectivity index (χ4n) is 1.85. The summed E-state index contributed by atoms with van der Waals surface area (Å²) in [5, 5.41) is 6.52. The van der Waals surface area contributed by atoms with Crippen LogP contribution in [0.25, 0.3) is 0 Å². The smallest absolute Gasteiger partial charge is 0.148 e. The Morgan fingerprint density at radius 1 is 1.24 bits per heavy atom. The molecular formula is C15H18Br2N2OS. The molecule has 0 atom stereocenters. The number of benzene rings is 1. The van der Waals surface area contributed by atoms with Gasteiger partial charge in [0.25, 0.3) is 0 Å². The monoisotopic (exact) mass is 432 g/mol. The zero-order valence-corrected chi connectivity index (χ0v) is 16.1. The van der Waals surface area contributed by atoms with E-state index in [1.165, 1.54) is 5.56 Å². The lowest BCUT2D eigenvalue weighted by Gasteiger charge is -2.12. The maximum Gasteiger partial charge on any atom is 0.148 e. The zero-order chi connectivity index (χ0) is 15.2. The van der Waals surface area contributed by atoms with Gasteiger partial charge in [-0.2, -0.15) is 0 Å². The molecule has 21 heavy (non-hydrogen) atoms. The maximum absolute atomic E-state index is 5.90. The van der Waals surface area contributed by atoms with Crippen molar-refractivity contribution in [1.29, 1.82) is 0 Å². The number of ether oxygens (including phenoxy) is 1. The van der Waals surface area contributed by atoms with Crippen LogP contribution in [0.3, 0.4) is 0 Å². The van der Waals surface area contributed by atoms with Crippen LogP contribution in [0.4, 0.5) is 0 Å². The van der Waals surface area contributed by atoms with Gasteiger partial charge in [-0.3, -0.25) is 0 Å². The third-order valence-corrected chi connectivity index (χ3v) is 5.12. The molecule has 0 bridgehead atoms. The van der Waals surface area contributed by atoms with Crippen LogP contribution in [0.1, 0.15) is 30.1 Å². The first-order chi connectivity index (χ1) is 10.1. The molecule has 114 valence electrons. The molecule has 0 spiro atoms. The summed E-state index contributed by atoms with van der Waals surface area (Å²) in [7, 11) is 0. The lowest BCUT2D eigenvalue weighted by atomic mass is 10.2. The Kier molecular flexibility index (Phi) is 6.67. The van der Waals surface area contributed by atoms with Gasteiger partial charge in [-0.1, -0.05) is 13.8 Å². The second-order valence-corrected chi connectivity index (χ2v) is 7.20. The van der Waals surface area contributed by atoms with Crippen molar-refractivity contribution in [3.05, 3.63) is 42.7 Å². The summed E-state index contributed by atoms with van der Waals surface area (Å²) in [5.41, 5.74) is 2.19. The highest BCUT2D eigenvalue weighted by molar-refractivity contribution is 9.11. The Hall–Kier alpha value is -0.430. The molecule has 2 rings (SSSR count). The molecule has 1 aromatic carbocycles. The van der Waals surface area contributed by atoms with Gasteiger partial charge < -0.3 is 10.1 Å². The molecule has 0 amide bonds. The van der Waals surface area contributed by atoms with E-state index in [0.29, 0.717) is 6.61 Å². The number of hydrogen-bond donors (Lipinski definition) is 1. The van der Waals surface area contributed by atoms with Crippen molar-refractivity contribution in [3.8, 4) is 5.75 Å². The summed E-state index contributed by atoms with van der Waals surface area (Å²) in [6.07, 6.45) is 0.969. The van der Waals surface area contributed by atoms with Crippen LogP contribution in [0.5, 0.6) is 5.75 Å². The summed E-state index contributed by atoms with van der Waals surface area (Å²) in [6, 6.07) is 4.17. The second kappa shape index (κ2) is 8.27. The van der Waals surface area contributed by atoms with Crippen molar-refractivity contribution in [2.75, 3.05) is 6.54 Å². The van der Waals surface area contributed by atoms with E-state index in [2.05, 4.69) is 73.5 Å². The van der Waals surface area contributed by atoms with E-state index in [4.69, 9.17) is 4.74 Å². The Morgan fingerprint density at radius 2 is 1.95 bits per heavy atom. The molecular weight excluding hydrogens is 416 g/mol. The number of thiazole rings is 1.